The molecule has 114 valence electrons. The van der Waals surface area contributed by atoms with Gasteiger partial charge in [-0.15, -0.1) is 11.3 Å². The normalized spacial score (nSPS) is 12.4. The van der Waals surface area contributed by atoms with Gasteiger partial charge >= 0.3 is 0 Å². The molecule has 0 aliphatic heterocycles. The highest BCUT2D eigenvalue weighted by molar-refractivity contribution is 7.10. The van der Waals surface area contributed by atoms with Crippen LogP contribution in [0.15, 0.2) is 17.8 Å². The molecule has 0 aromatic carbocycles. The van der Waals surface area contributed by atoms with Crippen LogP contribution in [0.25, 0.3) is 0 Å². The maximum absolute atomic E-state index is 12.0. The lowest BCUT2D eigenvalue weighted by molar-refractivity contribution is -0.121. The summed E-state index contributed by atoms with van der Waals surface area (Å²) in [5, 5.41) is 5.20. The summed E-state index contributed by atoms with van der Waals surface area (Å²) < 4.78 is 2.03. The summed E-state index contributed by atoms with van der Waals surface area (Å²) >= 11 is 1.78. The van der Waals surface area contributed by atoms with Crippen LogP contribution in [0.3, 0.4) is 0 Å². The summed E-state index contributed by atoms with van der Waals surface area (Å²) in [5.74, 6) is 1.04. The van der Waals surface area contributed by atoms with Crippen LogP contribution < -0.4 is 5.32 Å². The summed E-state index contributed by atoms with van der Waals surface area (Å²) in [5.41, 5.74) is 2.70. The summed E-state index contributed by atoms with van der Waals surface area (Å²) in [6, 6.07) is 0.137. The van der Waals surface area contributed by atoms with Crippen LogP contribution in [-0.2, 0) is 11.2 Å². The zero-order valence-electron chi connectivity index (χ0n) is 13.1. The van der Waals surface area contributed by atoms with E-state index in [1.165, 1.54) is 16.0 Å². The SMILES string of the molecule is Cc1scc(CCNC(=O)CC(C)n2ccnc2C)c1C. The number of aryl methyl sites for hydroxylation is 2. The van der Waals surface area contributed by atoms with Crippen molar-refractivity contribution >= 4 is 17.2 Å². The molecule has 0 fully saturated rings. The third-order valence-corrected chi connectivity index (χ3v) is 4.98. The number of carbonyl (C=O) groups excluding carboxylic acids is 1. The number of carbonyl (C=O) groups is 1. The smallest absolute Gasteiger partial charge is 0.222 e. The largest absolute Gasteiger partial charge is 0.356 e. The summed E-state index contributed by atoms with van der Waals surface area (Å²) in [7, 11) is 0. The first kappa shape index (κ1) is 15.8. The Kier molecular flexibility index (Phi) is 5.17. The van der Waals surface area contributed by atoms with E-state index in [0.29, 0.717) is 13.0 Å². The molecule has 2 aromatic heterocycles. The van der Waals surface area contributed by atoms with Gasteiger partial charge in [0, 0.05) is 36.3 Å². The van der Waals surface area contributed by atoms with Crippen molar-refractivity contribution in [2.75, 3.05) is 6.54 Å². The lowest BCUT2D eigenvalue weighted by Crippen LogP contribution is -2.28. The molecule has 0 aliphatic rings. The number of imidazole rings is 1. The first-order chi connectivity index (χ1) is 9.99. The summed E-state index contributed by atoms with van der Waals surface area (Å²) in [4.78, 5) is 17.6. The van der Waals surface area contributed by atoms with E-state index in [9.17, 15) is 4.79 Å². The number of nitrogens with one attached hydrogen (secondary N) is 1. The van der Waals surface area contributed by atoms with Crippen molar-refractivity contribution in [3.05, 3.63) is 39.6 Å². The van der Waals surface area contributed by atoms with E-state index in [2.05, 4.69) is 29.5 Å². The van der Waals surface area contributed by atoms with Gasteiger partial charge in [-0.25, -0.2) is 4.98 Å². The van der Waals surface area contributed by atoms with Gasteiger partial charge in [-0.05, 0) is 50.6 Å². The number of amides is 1. The highest BCUT2D eigenvalue weighted by Gasteiger charge is 2.12. The second-order valence-electron chi connectivity index (χ2n) is 5.48. The van der Waals surface area contributed by atoms with E-state index < -0.39 is 0 Å². The quantitative estimate of drug-likeness (QED) is 0.891. The molecule has 1 N–H and O–H groups in total. The molecule has 1 atom stereocenters. The highest BCUT2D eigenvalue weighted by atomic mass is 32.1. The lowest BCUT2D eigenvalue weighted by Gasteiger charge is -2.14. The van der Waals surface area contributed by atoms with E-state index >= 15 is 0 Å². The average molecular weight is 305 g/mol. The second-order valence-corrected chi connectivity index (χ2v) is 6.56. The zero-order valence-corrected chi connectivity index (χ0v) is 14.0. The Bertz CT molecular complexity index is 615. The third kappa shape index (κ3) is 3.94. The van der Waals surface area contributed by atoms with E-state index in [-0.39, 0.29) is 11.9 Å². The molecule has 2 heterocycles. The first-order valence-corrected chi connectivity index (χ1v) is 8.16. The molecule has 0 bridgehead atoms. The van der Waals surface area contributed by atoms with Crippen LogP contribution in [-0.4, -0.2) is 22.0 Å². The highest BCUT2D eigenvalue weighted by Crippen LogP contribution is 2.20. The number of thiophene rings is 1. The van der Waals surface area contributed by atoms with Crippen molar-refractivity contribution in [1.29, 1.82) is 0 Å². The Morgan fingerprint density at radius 3 is 2.76 bits per heavy atom. The van der Waals surface area contributed by atoms with Gasteiger partial charge in [0.25, 0.3) is 0 Å². The first-order valence-electron chi connectivity index (χ1n) is 7.28. The molecule has 4 nitrogen and oxygen atoms in total. The number of hydrogen-bond acceptors (Lipinski definition) is 3. The van der Waals surface area contributed by atoms with Crippen molar-refractivity contribution < 1.29 is 4.79 Å². The van der Waals surface area contributed by atoms with E-state index in [0.717, 1.165) is 12.2 Å². The summed E-state index contributed by atoms with van der Waals surface area (Å²) in [6.07, 6.45) is 5.08. The van der Waals surface area contributed by atoms with Gasteiger partial charge in [0.2, 0.25) is 5.91 Å². The molecule has 0 saturated heterocycles. The minimum atomic E-state index is 0.0974. The van der Waals surface area contributed by atoms with Gasteiger partial charge in [-0.3, -0.25) is 4.79 Å². The van der Waals surface area contributed by atoms with Crippen LogP contribution in [0.2, 0.25) is 0 Å². The molecule has 21 heavy (non-hydrogen) atoms. The molecule has 5 heteroatoms. The minimum absolute atomic E-state index is 0.0974. The fourth-order valence-electron chi connectivity index (χ4n) is 2.44. The Hall–Kier alpha value is -1.62. The lowest BCUT2D eigenvalue weighted by atomic mass is 10.1. The Morgan fingerprint density at radius 1 is 1.43 bits per heavy atom. The molecule has 0 saturated carbocycles. The molecule has 0 spiro atoms. The molecule has 0 aliphatic carbocycles. The monoisotopic (exact) mass is 305 g/mol. The maximum Gasteiger partial charge on any atom is 0.222 e. The van der Waals surface area contributed by atoms with Crippen LogP contribution in [0.1, 0.15) is 41.2 Å². The van der Waals surface area contributed by atoms with Crippen LogP contribution in [0.4, 0.5) is 0 Å². The molecular formula is C16H23N3OS. The Morgan fingerprint density at radius 2 is 2.19 bits per heavy atom. The molecule has 1 unspecified atom stereocenters. The molecular weight excluding hydrogens is 282 g/mol. The second kappa shape index (κ2) is 6.89. The fourth-order valence-corrected chi connectivity index (χ4v) is 3.36. The standard InChI is InChI=1S/C16H23N3OS/c1-11(19-8-7-17-14(19)4)9-16(20)18-6-5-15-10-21-13(3)12(15)2/h7-8,10-11H,5-6,9H2,1-4H3,(H,18,20). The molecule has 1 amide bonds. The third-order valence-electron chi connectivity index (χ3n) is 3.92. The molecule has 0 radical (unpaired) electrons. The number of hydrogen-bond donors (Lipinski definition) is 1. The van der Waals surface area contributed by atoms with Gasteiger partial charge in [-0.1, -0.05) is 0 Å². The minimum Gasteiger partial charge on any atom is -0.356 e. The Balaban J connectivity index is 1.78. The predicted molar refractivity (Wildman–Crippen MR) is 86.8 cm³/mol. The van der Waals surface area contributed by atoms with Crippen molar-refractivity contribution in [3.8, 4) is 0 Å². The zero-order chi connectivity index (χ0) is 15.4. The number of nitrogens with zero attached hydrogens (tertiary/aromatic N) is 2. The van der Waals surface area contributed by atoms with Crippen LogP contribution in [0, 0.1) is 20.8 Å². The summed E-state index contributed by atoms with van der Waals surface area (Å²) in [6.45, 7) is 8.98. The van der Waals surface area contributed by atoms with E-state index in [1.807, 2.05) is 24.6 Å². The maximum atomic E-state index is 12.0. The van der Waals surface area contributed by atoms with Crippen molar-refractivity contribution in [2.45, 2.75) is 46.6 Å². The average Bonchev–Trinajstić information content (AvgIpc) is 2.99. The fraction of sp³-hybridized carbons (Fsp3) is 0.500. The van der Waals surface area contributed by atoms with Gasteiger partial charge in [0.15, 0.2) is 0 Å². The number of rotatable bonds is 6. The van der Waals surface area contributed by atoms with Gasteiger partial charge in [-0.2, -0.15) is 0 Å². The van der Waals surface area contributed by atoms with Gasteiger partial charge in [0.1, 0.15) is 5.82 Å². The van der Waals surface area contributed by atoms with E-state index in [4.69, 9.17) is 0 Å². The molecule has 2 rings (SSSR count). The topological polar surface area (TPSA) is 46.9 Å². The Labute approximate surface area is 130 Å². The van der Waals surface area contributed by atoms with Crippen molar-refractivity contribution in [2.24, 2.45) is 0 Å². The van der Waals surface area contributed by atoms with Crippen LogP contribution in [0.5, 0.6) is 0 Å². The van der Waals surface area contributed by atoms with Crippen molar-refractivity contribution in [1.82, 2.24) is 14.9 Å². The predicted octanol–water partition coefficient (Wildman–Crippen LogP) is 3.18. The molecule has 2 aromatic rings. The van der Waals surface area contributed by atoms with E-state index in [1.54, 1.807) is 17.5 Å². The van der Waals surface area contributed by atoms with Crippen molar-refractivity contribution in [3.63, 3.8) is 0 Å². The number of aromatic nitrogens is 2. The van der Waals surface area contributed by atoms with Gasteiger partial charge < -0.3 is 9.88 Å². The van der Waals surface area contributed by atoms with Crippen LogP contribution >= 0.6 is 11.3 Å². The van der Waals surface area contributed by atoms with Gasteiger partial charge in [0.05, 0.1) is 0 Å².